The van der Waals surface area contributed by atoms with Gasteiger partial charge in [-0.1, -0.05) is 25.0 Å². The summed E-state index contributed by atoms with van der Waals surface area (Å²) in [4.78, 5) is 36.3. The van der Waals surface area contributed by atoms with Gasteiger partial charge < -0.3 is 5.11 Å². The van der Waals surface area contributed by atoms with Crippen molar-refractivity contribution in [2.75, 3.05) is 0 Å². The largest absolute Gasteiger partial charge is 0.478 e. The van der Waals surface area contributed by atoms with E-state index >= 15 is 0 Å². The second-order valence-corrected chi connectivity index (χ2v) is 8.95. The van der Waals surface area contributed by atoms with E-state index in [4.69, 9.17) is 0 Å². The monoisotopic (exact) mass is 342 g/mol. The maximum absolute atomic E-state index is 13.3. The lowest BCUT2D eigenvalue weighted by Crippen LogP contribution is -2.54. The average molecular weight is 342 g/mol. The molecule has 4 aliphatic carbocycles. The van der Waals surface area contributed by atoms with Gasteiger partial charge in [0.15, 0.2) is 5.78 Å². The van der Waals surface area contributed by atoms with Crippen LogP contribution in [0.2, 0.25) is 0 Å². The van der Waals surface area contributed by atoms with Gasteiger partial charge in [0.2, 0.25) is 0 Å². The Morgan fingerprint density at radius 2 is 1.92 bits per heavy atom. The quantitative estimate of drug-likeness (QED) is 0.738. The average Bonchev–Trinajstić information content (AvgIpc) is 2.83. The van der Waals surface area contributed by atoms with Crippen molar-refractivity contribution in [3.63, 3.8) is 0 Å². The molecule has 3 saturated carbocycles. The van der Waals surface area contributed by atoms with Crippen LogP contribution in [0.25, 0.3) is 0 Å². The number of carbonyl (C=O) groups is 3. The fourth-order valence-corrected chi connectivity index (χ4v) is 6.62. The van der Waals surface area contributed by atoms with Crippen LogP contribution in [0.1, 0.15) is 58.8 Å². The summed E-state index contributed by atoms with van der Waals surface area (Å²) in [6.45, 7) is 4.29. The number of carboxylic acid groups (broad SMARTS) is 1. The van der Waals surface area contributed by atoms with Crippen LogP contribution in [0.5, 0.6) is 0 Å². The third-order valence-corrected chi connectivity index (χ3v) is 7.80. The third-order valence-electron chi connectivity index (χ3n) is 7.80. The number of ketones is 2. The maximum Gasteiger partial charge on any atom is 0.328 e. The molecule has 3 fully saturated rings. The van der Waals surface area contributed by atoms with Crippen LogP contribution in [0, 0.1) is 28.6 Å². The van der Waals surface area contributed by atoms with Gasteiger partial charge in [-0.2, -0.15) is 0 Å². The van der Waals surface area contributed by atoms with E-state index in [1.807, 2.05) is 6.08 Å². The van der Waals surface area contributed by atoms with Crippen LogP contribution in [0.3, 0.4) is 0 Å². The lowest BCUT2D eigenvalue weighted by atomic mass is 9.47. The predicted molar refractivity (Wildman–Crippen MR) is 92.8 cm³/mol. The van der Waals surface area contributed by atoms with E-state index in [0.717, 1.165) is 37.7 Å². The van der Waals surface area contributed by atoms with Crippen LogP contribution >= 0.6 is 0 Å². The van der Waals surface area contributed by atoms with E-state index in [1.54, 1.807) is 0 Å². The molecule has 0 saturated heterocycles. The second-order valence-electron chi connectivity index (χ2n) is 8.95. The maximum atomic E-state index is 13.3. The second kappa shape index (κ2) is 5.39. The molecule has 0 amide bonds. The Kier molecular flexibility index (Phi) is 3.61. The van der Waals surface area contributed by atoms with Crippen LogP contribution in [0.4, 0.5) is 0 Å². The van der Waals surface area contributed by atoms with Gasteiger partial charge in [-0.15, -0.1) is 0 Å². The number of carboxylic acids is 1. The Morgan fingerprint density at radius 3 is 2.64 bits per heavy atom. The molecule has 0 spiro atoms. The summed E-state index contributed by atoms with van der Waals surface area (Å²) in [6, 6.07) is 0. The van der Waals surface area contributed by atoms with E-state index in [-0.39, 0.29) is 28.3 Å². The van der Waals surface area contributed by atoms with Crippen molar-refractivity contribution in [3.05, 3.63) is 23.3 Å². The number of fused-ring (bicyclic) bond motifs is 5. The number of hydrogen-bond acceptors (Lipinski definition) is 3. The first-order valence-corrected chi connectivity index (χ1v) is 9.46. The molecule has 5 unspecified atom stereocenters. The molecule has 0 aliphatic heterocycles. The van der Waals surface area contributed by atoms with Crippen LogP contribution in [-0.2, 0) is 14.4 Å². The van der Waals surface area contributed by atoms with Crippen molar-refractivity contribution in [2.24, 2.45) is 28.6 Å². The Bertz CT molecular complexity index is 730. The standard InChI is InChI=1S/C21H26O4/c1-20-8-7-14(22)9-12(20)3-5-15-16-6-4-13(10-18(24)25)21(16,2)11-17(23)19(15)20/h9-10,15-16,19H,3-8,11H2,1-2H3,(H,24,25)/b13-10+. The van der Waals surface area contributed by atoms with Gasteiger partial charge in [-0.25, -0.2) is 4.79 Å². The van der Waals surface area contributed by atoms with Crippen molar-refractivity contribution in [3.8, 4) is 0 Å². The molecule has 0 aromatic rings. The fraction of sp³-hybridized carbons (Fsp3) is 0.667. The summed E-state index contributed by atoms with van der Waals surface area (Å²) in [7, 11) is 0. The SMILES string of the molecule is CC12CCC(=O)C=C1CCC1C2C(=O)CC2(C)/C(=C/C(=O)O)CCC12. The third kappa shape index (κ3) is 2.29. The Morgan fingerprint density at radius 1 is 1.16 bits per heavy atom. The predicted octanol–water partition coefficient (Wildman–Crippen LogP) is 3.71. The molecular weight excluding hydrogens is 316 g/mol. The Hall–Kier alpha value is -1.71. The van der Waals surface area contributed by atoms with E-state index < -0.39 is 5.97 Å². The summed E-state index contributed by atoms with van der Waals surface area (Å²) in [5, 5.41) is 9.20. The molecule has 0 aromatic carbocycles. The van der Waals surface area contributed by atoms with Gasteiger partial charge in [0.1, 0.15) is 5.78 Å². The fourth-order valence-electron chi connectivity index (χ4n) is 6.62. The minimum Gasteiger partial charge on any atom is -0.478 e. The number of rotatable bonds is 1. The zero-order chi connectivity index (χ0) is 18.0. The molecule has 4 nitrogen and oxygen atoms in total. The molecule has 5 atom stereocenters. The Balaban J connectivity index is 1.74. The lowest BCUT2D eigenvalue weighted by Gasteiger charge is -2.56. The molecule has 4 heteroatoms. The van der Waals surface area contributed by atoms with Gasteiger partial charge in [-0.3, -0.25) is 9.59 Å². The van der Waals surface area contributed by atoms with Gasteiger partial charge in [0.25, 0.3) is 0 Å². The first-order chi connectivity index (χ1) is 11.8. The molecule has 0 radical (unpaired) electrons. The number of hydrogen-bond donors (Lipinski definition) is 1. The van der Waals surface area contributed by atoms with Crippen LogP contribution in [-0.4, -0.2) is 22.6 Å². The van der Waals surface area contributed by atoms with Crippen molar-refractivity contribution in [2.45, 2.75) is 58.8 Å². The highest BCUT2D eigenvalue weighted by atomic mass is 16.4. The van der Waals surface area contributed by atoms with Crippen molar-refractivity contribution in [1.82, 2.24) is 0 Å². The van der Waals surface area contributed by atoms with Crippen molar-refractivity contribution >= 4 is 17.5 Å². The number of aliphatic carboxylic acids is 1. The summed E-state index contributed by atoms with van der Waals surface area (Å²) in [6.07, 6.45) is 8.57. The zero-order valence-corrected chi connectivity index (χ0v) is 15.0. The molecule has 4 aliphatic rings. The lowest BCUT2D eigenvalue weighted by molar-refractivity contribution is -0.143. The first kappa shape index (κ1) is 16.7. The minimum absolute atomic E-state index is 0.00264. The first-order valence-electron chi connectivity index (χ1n) is 9.46. The van der Waals surface area contributed by atoms with Gasteiger partial charge in [0.05, 0.1) is 0 Å². The van der Waals surface area contributed by atoms with Crippen LogP contribution < -0.4 is 0 Å². The molecule has 25 heavy (non-hydrogen) atoms. The molecule has 134 valence electrons. The molecular formula is C21H26O4. The van der Waals surface area contributed by atoms with E-state index in [2.05, 4.69) is 13.8 Å². The summed E-state index contributed by atoms with van der Waals surface area (Å²) < 4.78 is 0. The van der Waals surface area contributed by atoms with Gasteiger partial charge >= 0.3 is 5.97 Å². The normalized spacial score (nSPS) is 44.8. The van der Waals surface area contributed by atoms with Crippen molar-refractivity contribution < 1.29 is 19.5 Å². The van der Waals surface area contributed by atoms with E-state index in [9.17, 15) is 19.5 Å². The smallest absolute Gasteiger partial charge is 0.328 e. The summed E-state index contributed by atoms with van der Waals surface area (Å²) in [5.41, 5.74) is 1.66. The number of Topliss-reactive ketones (excluding diaryl/α,β-unsaturated/α-hetero) is 1. The number of allylic oxidation sites excluding steroid dienone is 2. The molecule has 0 bridgehead atoms. The molecule has 0 heterocycles. The minimum atomic E-state index is -0.905. The zero-order valence-electron chi connectivity index (χ0n) is 15.0. The number of carbonyl (C=O) groups excluding carboxylic acids is 2. The summed E-state index contributed by atoms with van der Waals surface area (Å²) in [5.74, 6) is 0.287. The highest BCUT2D eigenvalue weighted by Gasteiger charge is 2.60. The summed E-state index contributed by atoms with van der Waals surface area (Å²) >= 11 is 0. The van der Waals surface area contributed by atoms with E-state index in [0.29, 0.717) is 24.7 Å². The molecule has 4 rings (SSSR count). The highest BCUT2D eigenvalue weighted by Crippen LogP contribution is 2.65. The van der Waals surface area contributed by atoms with Gasteiger partial charge in [0, 0.05) is 24.8 Å². The topological polar surface area (TPSA) is 71.4 Å². The highest BCUT2D eigenvalue weighted by molar-refractivity contribution is 5.93. The van der Waals surface area contributed by atoms with Gasteiger partial charge in [-0.05, 0) is 60.8 Å². The molecule has 1 N–H and O–H groups in total. The van der Waals surface area contributed by atoms with Crippen molar-refractivity contribution in [1.29, 1.82) is 0 Å². The van der Waals surface area contributed by atoms with Crippen LogP contribution in [0.15, 0.2) is 23.3 Å². The molecule has 0 aromatic heterocycles. The van der Waals surface area contributed by atoms with E-state index in [1.165, 1.54) is 11.6 Å². The Labute approximate surface area is 148 Å².